The summed E-state index contributed by atoms with van der Waals surface area (Å²) in [6, 6.07) is 15.6. The number of benzene rings is 2. The fourth-order valence-corrected chi connectivity index (χ4v) is 2.50. The topological polar surface area (TPSA) is 57.4 Å². The number of aromatic amines is 2. The molecule has 0 fully saturated rings. The van der Waals surface area contributed by atoms with E-state index in [1.165, 1.54) is 0 Å². The quantitative estimate of drug-likeness (QED) is 0.580. The average Bonchev–Trinajstić information content (AvgIpc) is 3.14. The first-order valence-corrected chi connectivity index (χ1v) is 6.94. The van der Waals surface area contributed by atoms with Crippen molar-refractivity contribution in [2.45, 2.75) is 0 Å². The highest BCUT2D eigenvalue weighted by atomic mass is 35.5. The van der Waals surface area contributed by atoms with Crippen LogP contribution in [-0.2, 0) is 0 Å². The Labute approximate surface area is 125 Å². The Bertz CT molecular complexity index is 905. The Morgan fingerprint density at radius 1 is 0.952 bits per heavy atom. The van der Waals surface area contributed by atoms with Crippen molar-refractivity contribution in [1.29, 1.82) is 0 Å². The molecule has 2 N–H and O–H groups in total. The van der Waals surface area contributed by atoms with Crippen LogP contribution in [-0.4, -0.2) is 20.2 Å². The average molecular weight is 295 g/mol. The molecule has 4 aromatic rings. The van der Waals surface area contributed by atoms with Crippen molar-refractivity contribution >= 4 is 22.5 Å². The van der Waals surface area contributed by atoms with Crippen molar-refractivity contribution in [2.24, 2.45) is 0 Å². The molecule has 0 atom stereocenters. The summed E-state index contributed by atoms with van der Waals surface area (Å²) in [5.41, 5.74) is 3.02. The minimum Gasteiger partial charge on any atom is -0.360 e. The normalized spacial score (nSPS) is 11.1. The van der Waals surface area contributed by atoms with Gasteiger partial charge in [-0.15, -0.1) is 0 Å². The maximum atomic E-state index is 5.90. The van der Waals surface area contributed by atoms with Gasteiger partial charge in [-0.05, 0) is 30.3 Å². The molecule has 0 aliphatic heterocycles. The second-order valence-electron chi connectivity index (χ2n) is 4.76. The fraction of sp³-hybridized carbons (Fsp3) is 0. The van der Waals surface area contributed by atoms with E-state index in [4.69, 9.17) is 11.6 Å². The zero-order chi connectivity index (χ0) is 14.2. The summed E-state index contributed by atoms with van der Waals surface area (Å²) in [5, 5.41) is 9.11. The second-order valence-corrected chi connectivity index (χ2v) is 5.20. The Kier molecular flexibility index (Phi) is 2.75. The lowest BCUT2D eigenvalue weighted by Gasteiger charge is -1.95. The highest BCUT2D eigenvalue weighted by Gasteiger charge is 2.11. The predicted molar refractivity (Wildman–Crippen MR) is 84.1 cm³/mol. The number of hydrogen-bond acceptors (Lipinski definition) is 2. The van der Waals surface area contributed by atoms with Crippen molar-refractivity contribution < 1.29 is 0 Å². The predicted octanol–water partition coefficient (Wildman–Crippen LogP) is 4.27. The standard InChI is InChI=1S/C16H11ClN4/c17-11-7-5-10(6-8-11)15-19-16(21-20-15)13-9-18-14-4-2-1-3-12(13)14/h1-9,18H,(H,19,20,21). The molecule has 102 valence electrons. The minimum absolute atomic E-state index is 0.659. The molecule has 4 nitrogen and oxygen atoms in total. The van der Waals surface area contributed by atoms with Crippen LogP contribution in [0.3, 0.4) is 0 Å². The maximum Gasteiger partial charge on any atom is 0.181 e. The molecule has 2 heterocycles. The van der Waals surface area contributed by atoms with E-state index < -0.39 is 0 Å². The van der Waals surface area contributed by atoms with E-state index >= 15 is 0 Å². The monoisotopic (exact) mass is 294 g/mol. The molecular formula is C16H11ClN4. The molecule has 0 saturated carbocycles. The van der Waals surface area contributed by atoms with Gasteiger partial charge in [0.15, 0.2) is 11.6 Å². The highest BCUT2D eigenvalue weighted by Crippen LogP contribution is 2.27. The van der Waals surface area contributed by atoms with Gasteiger partial charge in [-0.1, -0.05) is 29.8 Å². The molecule has 5 heteroatoms. The largest absolute Gasteiger partial charge is 0.360 e. The van der Waals surface area contributed by atoms with Gasteiger partial charge in [-0.2, -0.15) is 5.10 Å². The molecule has 2 aromatic carbocycles. The van der Waals surface area contributed by atoms with E-state index in [1.54, 1.807) is 0 Å². The van der Waals surface area contributed by atoms with E-state index in [0.29, 0.717) is 10.8 Å². The van der Waals surface area contributed by atoms with Gasteiger partial charge in [0.1, 0.15) is 0 Å². The molecule has 0 radical (unpaired) electrons. The van der Waals surface area contributed by atoms with Crippen LogP contribution in [0.5, 0.6) is 0 Å². The Morgan fingerprint density at radius 2 is 1.76 bits per heavy atom. The number of hydrogen-bond donors (Lipinski definition) is 2. The first-order valence-electron chi connectivity index (χ1n) is 6.56. The number of nitrogens with zero attached hydrogens (tertiary/aromatic N) is 2. The van der Waals surface area contributed by atoms with Crippen LogP contribution in [0.25, 0.3) is 33.7 Å². The molecule has 21 heavy (non-hydrogen) atoms. The Balaban J connectivity index is 1.79. The van der Waals surface area contributed by atoms with Crippen molar-refractivity contribution in [2.75, 3.05) is 0 Å². The van der Waals surface area contributed by atoms with Crippen LogP contribution in [0.2, 0.25) is 5.02 Å². The molecule has 0 spiro atoms. The van der Waals surface area contributed by atoms with Gasteiger partial charge in [0.2, 0.25) is 0 Å². The Hall–Kier alpha value is -2.59. The molecular weight excluding hydrogens is 284 g/mol. The molecule has 0 aliphatic carbocycles. The second kappa shape index (κ2) is 4.75. The van der Waals surface area contributed by atoms with Crippen LogP contribution in [0.1, 0.15) is 0 Å². The van der Waals surface area contributed by atoms with E-state index in [1.807, 2.05) is 48.7 Å². The van der Waals surface area contributed by atoms with Crippen LogP contribution in [0, 0.1) is 0 Å². The molecule has 2 aromatic heterocycles. The number of aromatic nitrogens is 4. The first-order chi connectivity index (χ1) is 10.3. The third-order valence-corrected chi connectivity index (χ3v) is 3.68. The van der Waals surface area contributed by atoms with E-state index in [-0.39, 0.29) is 0 Å². The fourth-order valence-electron chi connectivity index (χ4n) is 2.38. The van der Waals surface area contributed by atoms with Crippen molar-refractivity contribution in [1.82, 2.24) is 20.2 Å². The zero-order valence-corrected chi connectivity index (χ0v) is 11.7. The van der Waals surface area contributed by atoms with Gasteiger partial charge >= 0.3 is 0 Å². The molecule has 0 aliphatic rings. The van der Waals surface area contributed by atoms with Crippen LogP contribution >= 0.6 is 11.6 Å². The summed E-state index contributed by atoms with van der Waals surface area (Å²) in [5.74, 6) is 1.41. The third-order valence-electron chi connectivity index (χ3n) is 3.43. The van der Waals surface area contributed by atoms with Crippen molar-refractivity contribution in [3.05, 3.63) is 59.8 Å². The number of fused-ring (bicyclic) bond motifs is 1. The smallest absolute Gasteiger partial charge is 0.181 e. The SMILES string of the molecule is Clc1ccc(-c2n[nH]c(-c3c[nH]c4ccccc34)n2)cc1. The van der Waals surface area contributed by atoms with Crippen LogP contribution in [0.4, 0.5) is 0 Å². The summed E-state index contributed by atoms with van der Waals surface area (Å²) >= 11 is 5.90. The van der Waals surface area contributed by atoms with Crippen LogP contribution < -0.4 is 0 Å². The van der Waals surface area contributed by atoms with Crippen LogP contribution in [0.15, 0.2) is 54.7 Å². The van der Waals surface area contributed by atoms with E-state index in [0.717, 1.165) is 27.9 Å². The lowest BCUT2D eigenvalue weighted by molar-refractivity contribution is 1.10. The first kappa shape index (κ1) is 12.2. The number of nitrogens with one attached hydrogen (secondary N) is 2. The number of para-hydroxylation sites is 1. The summed E-state index contributed by atoms with van der Waals surface area (Å²) < 4.78 is 0. The molecule has 0 unspecified atom stereocenters. The van der Waals surface area contributed by atoms with Gasteiger partial charge in [0.05, 0.1) is 0 Å². The molecule has 0 amide bonds. The summed E-state index contributed by atoms with van der Waals surface area (Å²) in [7, 11) is 0. The summed E-state index contributed by atoms with van der Waals surface area (Å²) in [4.78, 5) is 7.81. The number of halogens is 1. The number of rotatable bonds is 2. The molecule has 0 saturated heterocycles. The lowest BCUT2D eigenvalue weighted by atomic mass is 10.1. The molecule has 4 rings (SSSR count). The van der Waals surface area contributed by atoms with Gasteiger partial charge in [0.25, 0.3) is 0 Å². The van der Waals surface area contributed by atoms with Crippen molar-refractivity contribution in [3.63, 3.8) is 0 Å². The van der Waals surface area contributed by atoms with Gasteiger partial charge in [-0.25, -0.2) is 4.98 Å². The van der Waals surface area contributed by atoms with E-state index in [2.05, 4.69) is 26.2 Å². The lowest BCUT2D eigenvalue weighted by Crippen LogP contribution is -1.80. The minimum atomic E-state index is 0.659. The third kappa shape index (κ3) is 2.10. The van der Waals surface area contributed by atoms with Gasteiger partial charge < -0.3 is 4.98 Å². The highest BCUT2D eigenvalue weighted by molar-refractivity contribution is 6.30. The van der Waals surface area contributed by atoms with Gasteiger partial charge in [-0.3, -0.25) is 5.10 Å². The number of H-pyrrole nitrogens is 2. The van der Waals surface area contributed by atoms with Crippen molar-refractivity contribution in [3.8, 4) is 22.8 Å². The zero-order valence-electron chi connectivity index (χ0n) is 11.0. The molecule has 0 bridgehead atoms. The van der Waals surface area contributed by atoms with Gasteiger partial charge in [0, 0.05) is 33.2 Å². The summed E-state index contributed by atoms with van der Waals surface area (Å²) in [6.45, 7) is 0. The Morgan fingerprint density at radius 3 is 2.62 bits per heavy atom. The van der Waals surface area contributed by atoms with E-state index in [9.17, 15) is 0 Å². The summed E-state index contributed by atoms with van der Waals surface area (Å²) in [6.07, 6.45) is 1.94. The maximum absolute atomic E-state index is 5.90.